The van der Waals surface area contributed by atoms with Crippen molar-refractivity contribution in [3.05, 3.63) is 34.4 Å². The van der Waals surface area contributed by atoms with Crippen molar-refractivity contribution in [2.45, 2.75) is 38.1 Å². The average molecular weight is 296 g/mol. The number of benzene rings is 1. The molecule has 1 atom stereocenters. The van der Waals surface area contributed by atoms with Gasteiger partial charge in [-0.2, -0.15) is 0 Å². The Bertz CT molecular complexity index is 406. The fourth-order valence-electron chi connectivity index (χ4n) is 2.58. The van der Waals surface area contributed by atoms with E-state index in [1.807, 2.05) is 0 Å². The third-order valence-electron chi connectivity index (χ3n) is 3.57. The Labute approximate surface area is 117 Å². The molecule has 0 saturated heterocycles. The van der Waals surface area contributed by atoms with E-state index in [-0.39, 0.29) is 28.9 Å². The summed E-state index contributed by atoms with van der Waals surface area (Å²) in [6, 6.07) is 1.63. The molecule has 0 spiro atoms. The molecule has 0 unspecified atom stereocenters. The van der Waals surface area contributed by atoms with Crippen LogP contribution in [-0.4, -0.2) is 0 Å². The Balaban J connectivity index is 0.00000162. The number of rotatable bonds is 2. The van der Waals surface area contributed by atoms with Gasteiger partial charge in [-0.3, -0.25) is 0 Å². The van der Waals surface area contributed by atoms with Gasteiger partial charge >= 0.3 is 0 Å². The maximum atomic E-state index is 13.7. The first-order valence-corrected chi connectivity index (χ1v) is 6.38. The fraction of sp³-hybridized carbons (Fsp3) is 0.538. The van der Waals surface area contributed by atoms with E-state index in [2.05, 4.69) is 0 Å². The summed E-state index contributed by atoms with van der Waals surface area (Å²) in [7, 11) is 0. The van der Waals surface area contributed by atoms with Crippen molar-refractivity contribution >= 4 is 24.0 Å². The van der Waals surface area contributed by atoms with Crippen LogP contribution in [0.5, 0.6) is 0 Å². The molecule has 18 heavy (non-hydrogen) atoms. The Kier molecular flexibility index (Phi) is 5.83. The molecule has 2 rings (SSSR count). The largest absolute Gasteiger partial charge is 0.324 e. The normalized spacial score (nSPS) is 18.2. The lowest BCUT2D eigenvalue weighted by Gasteiger charge is -2.28. The predicted molar refractivity (Wildman–Crippen MR) is 72.1 cm³/mol. The Morgan fingerprint density at radius 1 is 1.11 bits per heavy atom. The third-order valence-corrected chi connectivity index (χ3v) is 3.95. The monoisotopic (exact) mass is 295 g/mol. The topological polar surface area (TPSA) is 26.0 Å². The number of hydrogen-bond donors (Lipinski definition) is 1. The minimum absolute atomic E-state index is 0. The lowest BCUT2D eigenvalue weighted by molar-refractivity contribution is 0.303. The molecule has 0 bridgehead atoms. The van der Waals surface area contributed by atoms with E-state index in [0.29, 0.717) is 0 Å². The van der Waals surface area contributed by atoms with Gasteiger partial charge in [0.2, 0.25) is 0 Å². The van der Waals surface area contributed by atoms with Crippen LogP contribution < -0.4 is 5.73 Å². The lowest BCUT2D eigenvalue weighted by Crippen LogP contribution is -2.25. The van der Waals surface area contributed by atoms with Crippen LogP contribution in [0.1, 0.15) is 43.7 Å². The van der Waals surface area contributed by atoms with Gasteiger partial charge in [-0.25, -0.2) is 8.78 Å². The van der Waals surface area contributed by atoms with Gasteiger partial charge in [0.05, 0.1) is 5.02 Å². The molecule has 0 aliphatic heterocycles. The molecule has 5 heteroatoms. The second kappa shape index (κ2) is 6.69. The van der Waals surface area contributed by atoms with Crippen molar-refractivity contribution in [3.8, 4) is 0 Å². The highest BCUT2D eigenvalue weighted by Crippen LogP contribution is 2.37. The van der Waals surface area contributed by atoms with Crippen LogP contribution in [0.4, 0.5) is 8.78 Å². The van der Waals surface area contributed by atoms with Gasteiger partial charge in [0.1, 0.15) is 11.6 Å². The van der Waals surface area contributed by atoms with E-state index >= 15 is 0 Å². The van der Waals surface area contributed by atoms with E-state index in [9.17, 15) is 8.78 Å². The minimum Gasteiger partial charge on any atom is -0.324 e. The quantitative estimate of drug-likeness (QED) is 0.792. The summed E-state index contributed by atoms with van der Waals surface area (Å²) in [5.74, 6) is -0.902. The summed E-state index contributed by atoms with van der Waals surface area (Å²) in [6.07, 6.45) is 5.34. The first kappa shape index (κ1) is 15.7. The van der Waals surface area contributed by atoms with Gasteiger partial charge in [0.15, 0.2) is 0 Å². The van der Waals surface area contributed by atoms with Crippen molar-refractivity contribution in [2.75, 3.05) is 0 Å². The maximum Gasteiger partial charge on any atom is 0.142 e. The van der Waals surface area contributed by atoms with Crippen molar-refractivity contribution in [3.63, 3.8) is 0 Å². The van der Waals surface area contributed by atoms with Gasteiger partial charge < -0.3 is 5.73 Å². The SMILES string of the molecule is Cl.N[C@H](c1c(F)ccc(F)c1Cl)C1CCCCC1. The highest BCUT2D eigenvalue weighted by molar-refractivity contribution is 6.31. The molecule has 1 aromatic carbocycles. The second-order valence-corrected chi connectivity index (χ2v) is 5.06. The van der Waals surface area contributed by atoms with Crippen LogP contribution in [-0.2, 0) is 0 Å². The zero-order valence-corrected chi connectivity index (χ0v) is 11.5. The van der Waals surface area contributed by atoms with Crippen LogP contribution in [0.2, 0.25) is 5.02 Å². The van der Waals surface area contributed by atoms with Gasteiger partial charge in [-0.1, -0.05) is 30.9 Å². The van der Waals surface area contributed by atoms with Crippen LogP contribution in [0, 0.1) is 17.6 Å². The fourth-order valence-corrected chi connectivity index (χ4v) is 2.86. The van der Waals surface area contributed by atoms with Crippen molar-refractivity contribution in [1.82, 2.24) is 0 Å². The molecule has 0 amide bonds. The average Bonchev–Trinajstić information content (AvgIpc) is 2.35. The zero-order valence-electron chi connectivity index (χ0n) is 9.96. The van der Waals surface area contributed by atoms with E-state index < -0.39 is 17.7 Å². The molecule has 0 aromatic heterocycles. The summed E-state index contributed by atoms with van der Waals surface area (Å²) < 4.78 is 27.0. The highest BCUT2D eigenvalue weighted by atomic mass is 35.5. The molecular formula is C13H17Cl2F2N. The van der Waals surface area contributed by atoms with Crippen molar-refractivity contribution < 1.29 is 8.78 Å². The van der Waals surface area contributed by atoms with Crippen molar-refractivity contribution in [2.24, 2.45) is 11.7 Å². The summed E-state index contributed by atoms with van der Waals surface area (Å²) in [5.41, 5.74) is 6.19. The lowest BCUT2D eigenvalue weighted by atomic mass is 9.81. The van der Waals surface area contributed by atoms with Crippen LogP contribution in [0.15, 0.2) is 12.1 Å². The summed E-state index contributed by atoms with van der Waals surface area (Å²) in [5, 5.41) is -0.164. The molecule has 1 aliphatic rings. The molecule has 1 fully saturated rings. The zero-order chi connectivity index (χ0) is 12.4. The van der Waals surface area contributed by atoms with Gasteiger partial charge in [-0.15, -0.1) is 12.4 Å². The van der Waals surface area contributed by atoms with Crippen LogP contribution >= 0.6 is 24.0 Å². The predicted octanol–water partition coefficient (Wildman–Crippen LogP) is 4.62. The Morgan fingerprint density at radius 2 is 1.67 bits per heavy atom. The first-order chi connectivity index (χ1) is 8.11. The van der Waals surface area contributed by atoms with E-state index in [0.717, 1.165) is 37.8 Å². The van der Waals surface area contributed by atoms with Gasteiger partial charge in [0, 0.05) is 11.6 Å². The van der Waals surface area contributed by atoms with Gasteiger partial charge in [0.25, 0.3) is 0 Å². The van der Waals surface area contributed by atoms with Crippen molar-refractivity contribution in [1.29, 1.82) is 0 Å². The number of nitrogens with two attached hydrogens (primary N) is 1. The molecular weight excluding hydrogens is 279 g/mol. The Morgan fingerprint density at radius 3 is 2.28 bits per heavy atom. The van der Waals surface area contributed by atoms with E-state index in [4.69, 9.17) is 17.3 Å². The summed E-state index contributed by atoms with van der Waals surface area (Å²) in [6.45, 7) is 0. The number of hydrogen-bond acceptors (Lipinski definition) is 1. The third kappa shape index (κ3) is 3.14. The van der Waals surface area contributed by atoms with E-state index in [1.54, 1.807) is 0 Å². The maximum absolute atomic E-state index is 13.7. The molecule has 1 aliphatic carbocycles. The summed E-state index contributed by atoms with van der Waals surface area (Å²) in [4.78, 5) is 0. The smallest absolute Gasteiger partial charge is 0.142 e. The van der Waals surface area contributed by atoms with E-state index in [1.165, 1.54) is 6.42 Å². The highest BCUT2D eigenvalue weighted by Gasteiger charge is 2.27. The molecule has 1 saturated carbocycles. The van der Waals surface area contributed by atoms with Gasteiger partial charge in [-0.05, 0) is 30.9 Å². The molecule has 0 radical (unpaired) electrons. The van der Waals surface area contributed by atoms with Crippen LogP contribution in [0.25, 0.3) is 0 Å². The number of halogens is 4. The molecule has 1 nitrogen and oxygen atoms in total. The Hall–Kier alpha value is -0.380. The minimum atomic E-state index is -0.602. The standard InChI is InChI=1S/C13H16ClF2N.ClH/c14-12-10(16)7-6-9(15)11(12)13(17)8-4-2-1-3-5-8;/h6-8,13H,1-5,17H2;1H/t13-;/m0./s1. The second-order valence-electron chi connectivity index (χ2n) is 4.68. The van der Waals surface area contributed by atoms with Crippen LogP contribution in [0.3, 0.4) is 0 Å². The molecule has 1 aromatic rings. The molecule has 0 heterocycles. The molecule has 2 N–H and O–H groups in total. The summed E-state index contributed by atoms with van der Waals surface area (Å²) >= 11 is 5.82. The first-order valence-electron chi connectivity index (χ1n) is 6.00. The molecule has 102 valence electrons.